The molecule has 0 amide bonds. The first-order valence-electron chi connectivity index (χ1n) is 5.71. The molecule has 3 nitrogen and oxygen atoms in total. The highest BCUT2D eigenvalue weighted by Crippen LogP contribution is 2.18. The number of benzene rings is 1. The number of aromatic hydroxyl groups is 1. The fourth-order valence-electron chi connectivity index (χ4n) is 1.58. The summed E-state index contributed by atoms with van der Waals surface area (Å²) >= 11 is 0. The Balaban J connectivity index is 2.12. The van der Waals surface area contributed by atoms with Gasteiger partial charge in [0.25, 0.3) is 0 Å². The van der Waals surface area contributed by atoms with Crippen LogP contribution in [0.4, 0.5) is 0 Å². The van der Waals surface area contributed by atoms with Crippen molar-refractivity contribution in [1.29, 1.82) is 0 Å². The molecule has 0 radical (unpaired) electrons. The Labute approximate surface area is 100 Å². The number of rotatable bonds is 4. The molecular formula is C14H15NO2. The standard InChI is InChI=1S/C14H15NO2/c1-2-5-12-10-13(17-15-12)9-8-11-6-3-4-7-14(11)16/h3-4,6-10,16H,2,5H2,1H3. The summed E-state index contributed by atoms with van der Waals surface area (Å²) in [7, 11) is 0. The Morgan fingerprint density at radius 1 is 1.29 bits per heavy atom. The van der Waals surface area contributed by atoms with Crippen LogP contribution in [0.3, 0.4) is 0 Å². The summed E-state index contributed by atoms with van der Waals surface area (Å²) < 4.78 is 5.16. The van der Waals surface area contributed by atoms with Crippen LogP contribution in [0, 0.1) is 0 Å². The van der Waals surface area contributed by atoms with Crippen LogP contribution in [-0.4, -0.2) is 10.3 Å². The molecule has 0 unspecified atom stereocenters. The van der Waals surface area contributed by atoms with E-state index in [0.29, 0.717) is 5.76 Å². The van der Waals surface area contributed by atoms with E-state index < -0.39 is 0 Å². The van der Waals surface area contributed by atoms with Gasteiger partial charge in [-0.1, -0.05) is 36.7 Å². The average Bonchev–Trinajstić information content (AvgIpc) is 2.76. The van der Waals surface area contributed by atoms with Crippen LogP contribution < -0.4 is 0 Å². The van der Waals surface area contributed by atoms with Crippen LogP contribution in [0.15, 0.2) is 34.9 Å². The first-order chi connectivity index (χ1) is 8.29. The van der Waals surface area contributed by atoms with Gasteiger partial charge >= 0.3 is 0 Å². The van der Waals surface area contributed by atoms with E-state index in [2.05, 4.69) is 12.1 Å². The first-order valence-corrected chi connectivity index (χ1v) is 5.71. The van der Waals surface area contributed by atoms with E-state index in [-0.39, 0.29) is 5.75 Å². The monoisotopic (exact) mass is 229 g/mol. The molecule has 1 aromatic carbocycles. The molecule has 0 atom stereocenters. The minimum absolute atomic E-state index is 0.261. The normalized spacial score (nSPS) is 11.1. The first kappa shape index (κ1) is 11.5. The third-order valence-corrected chi connectivity index (χ3v) is 2.45. The van der Waals surface area contributed by atoms with Gasteiger partial charge < -0.3 is 9.63 Å². The number of phenolic OH excluding ortho intramolecular Hbond substituents is 1. The van der Waals surface area contributed by atoms with Crippen LogP contribution in [-0.2, 0) is 6.42 Å². The van der Waals surface area contributed by atoms with Gasteiger partial charge in [-0.15, -0.1) is 0 Å². The molecule has 1 N–H and O–H groups in total. The molecule has 88 valence electrons. The Kier molecular flexibility index (Phi) is 3.60. The lowest BCUT2D eigenvalue weighted by Gasteiger charge is -1.95. The van der Waals surface area contributed by atoms with Crippen LogP contribution in [0.1, 0.15) is 30.4 Å². The third kappa shape index (κ3) is 2.97. The zero-order chi connectivity index (χ0) is 12.1. The predicted octanol–water partition coefficient (Wildman–Crippen LogP) is 3.50. The van der Waals surface area contributed by atoms with Crippen molar-refractivity contribution in [2.24, 2.45) is 0 Å². The van der Waals surface area contributed by atoms with Gasteiger partial charge in [-0.05, 0) is 24.6 Å². The highest BCUT2D eigenvalue weighted by atomic mass is 16.5. The van der Waals surface area contributed by atoms with E-state index in [0.717, 1.165) is 24.1 Å². The lowest BCUT2D eigenvalue weighted by Crippen LogP contribution is -1.79. The van der Waals surface area contributed by atoms with E-state index in [4.69, 9.17) is 4.52 Å². The second kappa shape index (κ2) is 5.34. The number of aromatic nitrogens is 1. The van der Waals surface area contributed by atoms with Gasteiger partial charge in [0.15, 0.2) is 5.76 Å². The number of aryl methyl sites for hydroxylation is 1. The molecular weight excluding hydrogens is 214 g/mol. The summed E-state index contributed by atoms with van der Waals surface area (Å²) in [5.74, 6) is 0.966. The molecule has 0 saturated carbocycles. The van der Waals surface area contributed by atoms with E-state index in [1.54, 1.807) is 18.2 Å². The summed E-state index contributed by atoms with van der Waals surface area (Å²) in [6.45, 7) is 2.10. The summed E-state index contributed by atoms with van der Waals surface area (Å²) in [4.78, 5) is 0. The third-order valence-electron chi connectivity index (χ3n) is 2.45. The van der Waals surface area contributed by atoms with E-state index in [1.807, 2.05) is 24.3 Å². The maximum absolute atomic E-state index is 9.58. The maximum atomic E-state index is 9.58. The molecule has 0 spiro atoms. The summed E-state index contributed by atoms with van der Waals surface area (Å²) in [5.41, 5.74) is 1.73. The second-order valence-corrected chi connectivity index (χ2v) is 3.86. The molecule has 0 saturated heterocycles. The van der Waals surface area contributed by atoms with Gasteiger partial charge in [-0.2, -0.15) is 0 Å². The minimum atomic E-state index is 0.261. The Bertz CT molecular complexity index is 514. The van der Waals surface area contributed by atoms with Gasteiger partial charge in [-0.3, -0.25) is 0 Å². The van der Waals surface area contributed by atoms with Crippen molar-refractivity contribution in [3.05, 3.63) is 47.3 Å². The zero-order valence-corrected chi connectivity index (χ0v) is 9.76. The Morgan fingerprint density at radius 3 is 2.88 bits per heavy atom. The fraction of sp³-hybridized carbons (Fsp3) is 0.214. The molecule has 0 aliphatic rings. The predicted molar refractivity (Wildman–Crippen MR) is 67.5 cm³/mol. The summed E-state index contributed by atoms with van der Waals surface area (Å²) in [6.07, 6.45) is 5.59. The number of hydrogen-bond acceptors (Lipinski definition) is 3. The van der Waals surface area contributed by atoms with Gasteiger partial charge in [-0.25, -0.2) is 0 Å². The van der Waals surface area contributed by atoms with Crippen molar-refractivity contribution in [3.63, 3.8) is 0 Å². The molecule has 2 aromatic rings. The summed E-state index contributed by atoms with van der Waals surface area (Å²) in [6, 6.07) is 9.08. The summed E-state index contributed by atoms with van der Waals surface area (Å²) in [5, 5.41) is 13.5. The van der Waals surface area contributed by atoms with Crippen molar-refractivity contribution in [3.8, 4) is 5.75 Å². The zero-order valence-electron chi connectivity index (χ0n) is 9.76. The van der Waals surface area contributed by atoms with Crippen molar-refractivity contribution >= 4 is 12.2 Å². The molecule has 2 rings (SSSR count). The van der Waals surface area contributed by atoms with Crippen molar-refractivity contribution < 1.29 is 9.63 Å². The average molecular weight is 229 g/mol. The topological polar surface area (TPSA) is 46.3 Å². The number of nitrogens with zero attached hydrogens (tertiary/aromatic N) is 1. The Hall–Kier alpha value is -2.03. The molecule has 17 heavy (non-hydrogen) atoms. The molecule has 1 heterocycles. The SMILES string of the molecule is CCCc1cc(C=Cc2ccccc2O)on1. The largest absolute Gasteiger partial charge is 0.507 e. The van der Waals surface area contributed by atoms with Crippen molar-refractivity contribution in [2.45, 2.75) is 19.8 Å². The van der Waals surface area contributed by atoms with Crippen molar-refractivity contribution in [2.75, 3.05) is 0 Å². The Morgan fingerprint density at radius 2 is 2.12 bits per heavy atom. The van der Waals surface area contributed by atoms with E-state index in [9.17, 15) is 5.11 Å². The van der Waals surface area contributed by atoms with Crippen LogP contribution >= 0.6 is 0 Å². The minimum Gasteiger partial charge on any atom is -0.507 e. The molecule has 0 bridgehead atoms. The number of phenols is 1. The van der Waals surface area contributed by atoms with Gasteiger partial charge in [0.2, 0.25) is 0 Å². The lowest BCUT2D eigenvalue weighted by molar-refractivity contribution is 0.405. The van der Waals surface area contributed by atoms with Crippen LogP contribution in [0.25, 0.3) is 12.2 Å². The quantitative estimate of drug-likeness (QED) is 0.872. The van der Waals surface area contributed by atoms with Crippen LogP contribution in [0.2, 0.25) is 0 Å². The molecule has 0 aliphatic carbocycles. The van der Waals surface area contributed by atoms with Gasteiger partial charge in [0.1, 0.15) is 5.75 Å². The highest BCUT2D eigenvalue weighted by Gasteiger charge is 2.00. The number of hydrogen-bond donors (Lipinski definition) is 1. The molecule has 1 aromatic heterocycles. The van der Waals surface area contributed by atoms with Crippen LogP contribution in [0.5, 0.6) is 5.75 Å². The van der Waals surface area contributed by atoms with Gasteiger partial charge in [0.05, 0.1) is 5.69 Å². The number of para-hydroxylation sites is 1. The molecule has 0 fully saturated rings. The van der Waals surface area contributed by atoms with E-state index in [1.165, 1.54) is 0 Å². The second-order valence-electron chi connectivity index (χ2n) is 3.86. The molecule has 0 aliphatic heterocycles. The van der Waals surface area contributed by atoms with E-state index >= 15 is 0 Å². The fourth-order valence-corrected chi connectivity index (χ4v) is 1.58. The van der Waals surface area contributed by atoms with Gasteiger partial charge in [0, 0.05) is 11.6 Å². The highest BCUT2D eigenvalue weighted by molar-refractivity contribution is 5.70. The lowest BCUT2D eigenvalue weighted by atomic mass is 10.1. The molecule has 3 heteroatoms. The maximum Gasteiger partial charge on any atom is 0.159 e. The van der Waals surface area contributed by atoms with Crippen molar-refractivity contribution in [1.82, 2.24) is 5.16 Å². The smallest absolute Gasteiger partial charge is 0.159 e.